The molecule has 208 valence electrons. The maximum Gasteiger partial charge on any atom is 0.310 e. The number of hydrogen-bond acceptors (Lipinski definition) is 6. The number of carbonyl (C=O) groups is 3. The van der Waals surface area contributed by atoms with Gasteiger partial charge in [-0.3, -0.25) is 14.4 Å². The average Bonchev–Trinajstić information content (AvgIpc) is 3.41. The maximum absolute atomic E-state index is 14.5. The number of carboxylic acids is 1. The lowest BCUT2D eigenvalue weighted by Crippen LogP contribution is -2.59. The standard InChI is InChI=1S/C29H41N3O6/c1-7-15-31(21-13-11-20(12-14-21)30(9-3)10-4)26(35)24-29-16-18(5)28(6,38-29)23(27(36)37)22(29)25(34)32(24)19(8-2)17-33/h7,11-14,18-19,22-24,33H,1,8-10,15-17H2,2-6H3,(H,36,37)/t18?,19-,22-,23-,24?,28+,29?/m0/s1. The van der Waals surface area contributed by atoms with Crippen molar-refractivity contribution < 1.29 is 29.3 Å². The monoisotopic (exact) mass is 527 g/mol. The Morgan fingerprint density at radius 1 is 1.21 bits per heavy atom. The van der Waals surface area contributed by atoms with E-state index in [1.807, 2.05) is 38.1 Å². The van der Waals surface area contributed by atoms with E-state index in [9.17, 15) is 24.6 Å². The smallest absolute Gasteiger partial charge is 0.310 e. The summed E-state index contributed by atoms with van der Waals surface area (Å²) in [6, 6.07) is 6.00. The Morgan fingerprint density at radius 3 is 2.32 bits per heavy atom. The topological polar surface area (TPSA) is 111 Å². The van der Waals surface area contributed by atoms with Gasteiger partial charge >= 0.3 is 5.97 Å². The fourth-order valence-corrected chi connectivity index (χ4v) is 7.17. The molecule has 3 unspecified atom stereocenters. The van der Waals surface area contributed by atoms with Gasteiger partial charge in [0.15, 0.2) is 0 Å². The molecule has 0 saturated carbocycles. The summed E-state index contributed by atoms with van der Waals surface area (Å²) in [4.78, 5) is 46.2. The largest absolute Gasteiger partial charge is 0.481 e. The normalized spacial score (nSPS) is 32.3. The molecular weight excluding hydrogens is 486 g/mol. The first-order valence-corrected chi connectivity index (χ1v) is 13.7. The van der Waals surface area contributed by atoms with Gasteiger partial charge in [-0.15, -0.1) is 6.58 Å². The van der Waals surface area contributed by atoms with Crippen molar-refractivity contribution in [1.82, 2.24) is 4.90 Å². The number of hydrogen-bond donors (Lipinski definition) is 2. The van der Waals surface area contributed by atoms with Crippen molar-refractivity contribution in [2.75, 3.05) is 36.0 Å². The van der Waals surface area contributed by atoms with Crippen molar-refractivity contribution in [1.29, 1.82) is 0 Å². The lowest BCUT2D eigenvalue weighted by molar-refractivity contribution is -0.157. The van der Waals surface area contributed by atoms with Crippen LogP contribution in [-0.2, 0) is 19.1 Å². The Balaban J connectivity index is 1.82. The number of carbonyl (C=O) groups excluding carboxylic acids is 2. The van der Waals surface area contributed by atoms with Crippen molar-refractivity contribution in [3.8, 4) is 0 Å². The fraction of sp³-hybridized carbons (Fsp3) is 0.621. The average molecular weight is 528 g/mol. The SMILES string of the molecule is C=CCN(C(=O)C1N([C@@H](CC)CO)C(=O)[C@@H]2[C@@H](C(=O)O)[C@]3(C)OC12CC3C)c1ccc(N(CC)CC)cc1. The first kappa shape index (κ1) is 28.1. The Kier molecular flexibility index (Phi) is 7.65. The van der Waals surface area contributed by atoms with Crippen LogP contribution in [0, 0.1) is 17.8 Å². The number of aliphatic carboxylic acids is 1. The van der Waals surface area contributed by atoms with Crippen LogP contribution < -0.4 is 9.80 Å². The molecule has 3 aliphatic heterocycles. The highest BCUT2D eigenvalue weighted by Gasteiger charge is 2.80. The van der Waals surface area contributed by atoms with Crippen molar-refractivity contribution in [3.63, 3.8) is 0 Å². The summed E-state index contributed by atoms with van der Waals surface area (Å²) in [6.45, 7) is 15.1. The van der Waals surface area contributed by atoms with Crippen LogP contribution in [0.25, 0.3) is 0 Å². The van der Waals surface area contributed by atoms with Crippen molar-refractivity contribution >= 4 is 29.2 Å². The molecule has 0 aliphatic carbocycles. The van der Waals surface area contributed by atoms with Gasteiger partial charge in [-0.05, 0) is 63.8 Å². The number of aliphatic hydroxyl groups is 1. The molecule has 3 aliphatic rings. The van der Waals surface area contributed by atoms with Gasteiger partial charge in [0.1, 0.15) is 17.6 Å². The summed E-state index contributed by atoms with van der Waals surface area (Å²) in [6.07, 6.45) is 2.44. The van der Waals surface area contributed by atoms with Gasteiger partial charge in [-0.2, -0.15) is 0 Å². The molecule has 9 heteroatoms. The number of benzene rings is 1. The fourth-order valence-electron chi connectivity index (χ4n) is 7.17. The van der Waals surface area contributed by atoms with E-state index in [2.05, 4.69) is 25.3 Å². The number of aliphatic hydroxyl groups excluding tert-OH is 1. The van der Waals surface area contributed by atoms with Crippen molar-refractivity contribution in [3.05, 3.63) is 36.9 Å². The quantitative estimate of drug-likeness (QED) is 0.426. The van der Waals surface area contributed by atoms with E-state index in [1.54, 1.807) is 17.9 Å². The highest BCUT2D eigenvalue weighted by molar-refractivity contribution is 6.05. The number of ether oxygens (including phenoxy) is 1. The molecule has 38 heavy (non-hydrogen) atoms. The molecule has 4 rings (SSSR count). The van der Waals surface area contributed by atoms with Gasteiger partial charge in [0.2, 0.25) is 5.91 Å². The van der Waals surface area contributed by atoms with Crippen LogP contribution >= 0.6 is 0 Å². The molecule has 0 aromatic heterocycles. The number of nitrogens with zero attached hydrogens (tertiary/aromatic N) is 3. The molecule has 0 radical (unpaired) electrons. The second-order valence-corrected chi connectivity index (χ2v) is 11.0. The minimum absolute atomic E-state index is 0.168. The second-order valence-electron chi connectivity index (χ2n) is 11.0. The molecular formula is C29H41N3O6. The van der Waals surface area contributed by atoms with Crippen LogP contribution in [-0.4, -0.2) is 82.4 Å². The summed E-state index contributed by atoms with van der Waals surface area (Å²) in [5.74, 6) is -4.12. The molecule has 1 aromatic rings. The van der Waals surface area contributed by atoms with Crippen LogP contribution in [0.3, 0.4) is 0 Å². The minimum Gasteiger partial charge on any atom is -0.481 e. The number of fused-ring (bicyclic) bond motifs is 1. The molecule has 2 amide bonds. The zero-order valence-corrected chi connectivity index (χ0v) is 23.1. The third-order valence-electron chi connectivity index (χ3n) is 9.20. The van der Waals surface area contributed by atoms with E-state index >= 15 is 0 Å². The van der Waals surface area contributed by atoms with E-state index in [4.69, 9.17) is 4.74 Å². The lowest BCUT2D eigenvalue weighted by Gasteiger charge is -2.39. The predicted molar refractivity (Wildman–Crippen MR) is 145 cm³/mol. The highest BCUT2D eigenvalue weighted by Crippen LogP contribution is 2.65. The molecule has 3 fully saturated rings. The third kappa shape index (κ3) is 3.93. The van der Waals surface area contributed by atoms with E-state index in [0.29, 0.717) is 18.5 Å². The minimum atomic E-state index is -1.28. The number of carboxylic acid groups (broad SMARTS) is 1. The first-order chi connectivity index (χ1) is 18.1. The van der Waals surface area contributed by atoms with Crippen LogP contribution in [0.1, 0.15) is 47.5 Å². The van der Waals surface area contributed by atoms with Crippen LogP contribution in [0.2, 0.25) is 0 Å². The number of anilines is 2. The molecule has 2 bridgehead atoms. The summed E-state index contributed by atoms with van der Waals surface area (Å²) >= 11 is 0. The zero-order valence-electron chi connectivity index (χ0n) is 23.1. The Morgan fingerprint density at radius 2 is 1.82 bits per heavy atom. The highest BCUT2D eigenvalue weighted by atomic mass is 16.5. The second kappa shape index (κ2) is 10.3. The molecule has 2 N–H and O–H groups in total. The Bertz CT molecular complexity index is 1080. The summed E-state index contributed by atoms with van der Waals surface area (Å²) in [5, 5.41) is 20.4. The summed E-state index contributed by atoms with van der Waals surface area (Å²) in [7, 11) is 0. The van der Waals surface area contributed by atoms with Crippen molar-refractivity contribution in [2.24, 2.45) is 17.8 Å². The summed E-state index contributed by atoms with van der Waals surface area (Å²) in [5.41, 5.74) is -0.658. The molecule has 1 aromatic carbocycles. The van der Waals surface area contributed by atoms with E-state index < -0.39 is 47.0 Å². The van der Waals surface area contributed by atoms with E-state index in [0.717, 1.165) is 18.8 Å². The van der Waals surface area contributed by atoms with Crippen LogP contribution in [0.5, 0.6) is 0 Å². The third-order valence-corrected chi connectivity index (χ3v) is 9.20. The molecule has 9 nitrogen and oxygen atoms in total. The van der Waals surface area contributed by atoms with E-state index in [1.165, 1.54) is 4.90 Å². The lowest BCUT2D eigenvalue weighted by atomic mass is 9.62. The van der Waals surface area contributed by atoms with E-state index in [-0.39, 0.29) is 25.0 Å². The Labute approximate surface area is 225 Å². The summed E-state index contributed by atoms with van der Waals surface area (Å²) < 4.78 is 6.57. The van der Waals surface area contributed by atoms with Crippen LogP contribution in [0.4, 0.5) is 11.4 Å². The van der Waals surface area contributed by atoms with Gasteiger partial charge in [0.05, 0.1) is 24.2 Å². The predicted octanol–water partition coefficient (Wildman–Crippen LogP) is 2.92. The number of rotatable bonds is 11. The van der Waals surface area contributed by atoms with Gasteiger partial charge in [-0.1, -0.05) is 19.9 Å². The van der Waals surface area contributed by atoms with Gasteiger partial charge in [-0.25, -0.2) is 0 Å². The maximum atomic E-state index is 14.5. The van der Waals surface area contributed by atoms with Crippen LogP contribution in [0.15, 0.2) is 36.9 Å². The van der Waals surface area contributed by atoms with Crippen molar-refractivity contribution in [2.45, 2.75) is 70.7 Å². The zero-order chi connectivity index (χ0) is 28.0. The van der Waals surface area contributed by atoms with Gasteiger partial charge in [0, 0.05) is 31.0 Å². The molecule has 3 saturated heterocycles. The Hall–Kier alpha value is -2.91. The molecule has 3 heterocycles. The van der Waals surface area contributed by atoms with Gasteiger partial charge < -0.3 is 29.6 Å². The molecule has 7 atom stereocenters. The van der Waals surface area contributed by atoms with Gasteiger partial charge in [0.25, 0.3) is 5.91 Å². The molecule has 1 spiro atoms. The number of likely N-dealkylation sites (tertiary alicyclic amines) is 1. The first-order valence-electron chi connectivity index (χ1n) is 13.7. The number of amides is 2.